The van der Waals surface area contributed by atoms with E-state index in [0.29, 0.717) is 22.6 Å². The number of ether oxygens (including phenoxy) is 1. The maximum absolute atomic E-state index is 13.4. The minimum Gasteiger partial charge on any atom is -0.456 e. The molecule has 0 bridgehead atoms. The van der Waals surface area contributed by atoms with E-state index in [1.54, 1.807) is 29.2 Å². The van der Waals surface area contributed by atoms with Crippen molar-refractivity contribution in [2.24, 2.45) is 5.73 Å². The van der Waals surface area contributed by atoms with Crippen molar-refractivity contribution < 1.29 is 14.3 Å². The van der Waals surface area contributed by atoms with Gasteiger partial charge in [-0.15, -0.1) is 0 Å². The first-order valence-corrected chi connectivity index (χ1v) is 10.6. The van der Waals surface area contributed by atoms with Crippen molar-refractivity contribution in [1.82, 2.24) is 0 Å². The van der Waals surface area contributed by atoms with Crippen molar-refractivity contribution in [2.45, 2.75) is 31.6 Å². The predicted molar refractivity (Wildman–Crippen MR) is 119 cm³/mol. The van der Waals surface area contributed by atoms with Gasteiger partial charge in [-0.25, -0.2) is 4.79 Å². The third-order valence-corrected chi connectivity index (χ3v) is 6.39. The highest BCUT2D eigenvalue weighted by Gasteiger charge is 2.61. The van der Waals surface area contributed by atoms with E-state index in [4.69, 9.17) is 10.5 Å². The van der Waals surface area contributed by atoms with Crippen LogP contribution in [-0.2, 0) is 26.2 Å². The first-order valence-electron chi connectivity index (χ1n) is 10.6. The highest BCUT2D eigenvalue weighted by Crippen LogP contribution is 2.54. The summed E-state index contributed by atoms with van der Waals surface area (Å²) in [6.07, 6.45) is 3.18. The number of nitriles is 1. The second kappa shape index (κ2) is 7.27. The van der Waals surface area contributed by atoms with Crippen LogP contribution in [0.4, 0.5) is 11.4 Å². The Bertz CT molecular complexity index is 1250. The van der Waals surface area contributed by atoms with Crippen LogP contribution in [0, 0.1) is 11.3 Å². The number of nitrogens with one attached hydrogen (secondary N) is 1. The first kappa shape index (κ1) is 19.9. The van der Waals surface area contributed by atoms with Crippen molar-refractivity contribution >= 4 is 23.3 Å². The standard InChI is InChI=1S/C25H22N4O3/c1-2-3-6-15-9-11-16(12-10-15)29-20-14-32-23(30)21(20)25(18(13-26)22(29)27)17-7-4-5-8-19(17)28-24(25)31/h4-5,7-12H,2-3,6,14,27H2,1H3,(H,28,31)/t25-/m1/s1. The Hall–Kier alpha value is -4.05. The zero-order chi connectivity index (χ0) is 22.5. The molecule has 0 aliphatic carbocycles. The number of nitrogens with two attached hydrogens (primary N) is 1. The Kier molecular flexibility index (Phi) is 4.52. The summed E-state index contributed by atoms with van der Waals surface area (Å²) in [5, 5.41) is 13.0. The van der Waals surface area contributed by atoms with Gasteiger partial charge < -0.3 is 15.8 Å². The lowest BCUT2D eigenvalue weighted by Crippen LogP contribution is -2.48. The lowest BCUT2D eigenvalue weighted by atomic mass is 9.67. The molecule has 0 unspecified atom stereocenters. The molecule has 5 rings (SSSR count). The molecule has 0 radical (unpaired) electrons. The maximum Gasteiger partial charge on any atom is 0.338 e. The lowest BCUT2D eigenvalue weighted by Gasteiger charge is -2.38. The molecule has 1 spiro atoms. The van der Waals surface area contributed by atoms with E-state index in [-0.39, 0.29) is 23.6 Å². The number of unbranched alkanes of at least 4 members (excludes halogenated alkanes) is 1. The smallest absolute Gasteiger partial charge is 0.338 e. The van der Waals surface area contributed by atoms with Crippen LogP contribution in [0.2, 0.25) is 0 Å². The van der Waals surface area contributed by atoms with Crippen LogP contribution < -0.4 is 16.0 Å². The second-order valence-corrected chi connectivity index (χ2v) is 8.12. The van der Waals surface area contributed by atoms with Gasteiger partial charge in [-0.3, -0.25) is 9.69 Å². The van der Waals surface area contributed by atoms with Gasteiger partial charge in [-0.1, -0.05) is 43.7 Å². The molecule has 2 aromatic rings. The van der Waals surface area contributed by atoms with Gasteiger partial charge in [0.05, 0.1) is 16.8 Å². The van der Waals surface area contributed by atoms with Gasteiger partial charge in [-0.2, -0.15) is 5.26 Å². The number of rotatable bonds is 4. The monoisotopic (exact) mass is 426 g/mol. The zero-order valence-electron chi connectivity index (χ0n) is 17.6. The minimum absolute atomic E-state index is 0.0209. The van der Waals surface area contributed by atoms with E-state index in [0.717, 1.165) is 19.3 Å². The van der Waals surface area contributed by atoms with Crippen LogP contribution in [-0.4, -0.2) is 18.5 Å². The molecule has 7 heteroatoms. The van der Waals surface area contributed by atoms with Crippen LogP contribution in [0.15, 0.2) is 71.2 Å². The number of aryl methyl sites for hydroxylation is 1. The number of hydrogen-bond donors (Lipinski definition) is 2. The normalized spacial score (nSPS) is 21.4. The Balaban J connectivity index is 1.72. The predicted octanol–water partition coefficient (Wildman–Crippen LogP) is 3.24. The largest absolute Gasteiger partial charge is 0.456 e. The number of para-hydroxylation sites is 1. The summed E-state index contributed by atoms with van der Waals surface area (Å²) in [6, 6.07) is 17.1. The molecule has 1 atom stereocenters. The number of carbonyl (C=O) groups is 2. The van der Waals surface area contributed by atoms with E-state index in [1.807, 2.05) is 24.3 Å². The molecule has 3 N–H and O–H groups in total. The topological polar surface area (TPSA) is 108 Å². The molecular weight excluding hydrogens is 404 g/mol. The van der Waals surface area contributed by atoms with Crippen molar-refractivity contribution in [3.63, 3.8) is 0 Å². The fourth-order valence-electron chi connectivity index (χ4n) is 4.90. The van der Waals surface area contributed by atoms with Gasteiger partial charge in [-0.05, 0) is 36.6 Å². The Morgan fingerprint density at radius 3 is 2.66 bits per heavy atom. The average molecular weight is 426 g/mol. The van der Waals surface area contributed by atoms with Crippen LogP contribution in [0.25, 0.3) is 0 Å². The number of fused-ring (bicyclic) bond motifs is 3. The Morgan fingerprint density at radius 2 is 1.94 bits per heavy atom. The van der Waals surface area contributed by atoms with Crippen molar-refractivity contribution in [2.75, 3.05) is 16.8 Å². The van der Waals surface area contributed by atoms with E-state index in [1.165, 1.54) is 5.56 Å². The van der Waals surface area contributed by atoms with E-state index < -0.39 is 17.3 Å². The Morgan fingerprint density at radius 1 is 1.19 bits per heavy atom. The van der Waals surface area contributed by atoms with Crippen LogP contribution in [0.5, 0.6) is 0 Å². The van der Waals surface area contributed by atoms with Gasteiger partial charge in [0, 0.05) is 16.9 Å². The van der Waals surface area contributed by atoms with Gasteiger partial charge in [0.1, 0.15) is 23.9 Å². The van der Waals surface area contributed by atoms with E-state index in [2.05, 4.69) is 18.3 Å². The van der Waals surface area contributed by atoms with Crippen LogP contribution in [0.3, 0.4) is 0 Å². The summed E-state index contributed by atoms with van der Waals surface area (Å²) in [5.41, 5.74) is 8.60. The SMILES string of the molecule is CCCCc1ccc(N2C(N)=C(C#N)[C@@]3(C(=O)Nc4ccccc43)C3=C2COC3=O)cc1. The molecule has 0 saturated heterocycles. The molecule has 1 amide bonds. The van der Waals surface area contributed by atoms with Gasteiger partial charge in [0.25, 0.3) is 0 Å². The molecule has 0 aromatic heterocycles. The quantitative estimate of drug-likeness (QED) is 0.727. The summed E-state index contributed by atoms with van der Waals surface area (Å²) in [7, 11) is 0. The molecule has 0 saturated carbocycles. The molecule has 160 valence electrons. The molecule has 3 heterocycles. The highest BCUT2D eigenvalue weighted by molar-refractivity contribution is 6.18. The number of benzene rings is 2. The van der Waals surface area contributed by atoms with Crippen LogP contribution >= 0.6 is 0 Å². The summed E-state index contributed by atoms with van der Waals surface area (Å²) >= 11 is 0. The number of nitrogens with zero attached hydrogens (tertiary/aromatic N) is 2. The highest BCUT2D eigenvalue weighted by atomic mass is 16.5. The number of esters is 1. The molecule has 3 aliphatic rings. The van der Waals surface area contributed by atoms with Crippen molar-refractivity contribution in [1.29, 1.82) is 5.26 Å². The third kappa shape index (κ3) is 2.53. The summed E-state index contributed by atoms with van der Waals surface area (Å²) in [6.45, 7) is 2.12. The van der Waals surface area contributed by atoms with E-state index in [9.17, 15) is 14.9 Å². The molecule has 3 aliphatic heterocycles. The van der Waals surface area contributed by atoms with Gasteiger partial charge in [0.2, 0.25) is 5.91 Å². The lowest BCUT2D eigenvalue weighted by molar-refractivity contribution is -0.137. The number of anilines is 2. The number of carbonyl (C=O) groups excluding carboxylic acids is 2. The summed E-state index contributed by atoms with van der Waals surface area (Å²) < 4.78 is 5.39. The fraction of sp³-hybridized carbons (Fsp3) is 0.240. The van der Waals surface area contributed by atoms with Crippen molar-refractivity contribution in [3.05, 3.63) is 82.3 Å². The molecule has 7 nitrogen and oxygen atoms in total. The van der Waals surface area contributed by atoms with Crippen LogP contribution in [0.1, 0.15) is 30.9 Å². The molecule has 2 aromatic carbocycles. The number of amides is 1. The zero-order valence-corrected chi connectivity index (χ0v) is 17.6. The fourth-order valence-corrected chi connectivity index (χ4v) is 4.90. The maximum atomic E-state index is 13.4. The number of hydrogen-bond acceptors (Lipinski definition) is 6. The molecular formula is C25H22N4O3. The van der Waals surface area contributed by atoms with Crippen molar-refractivity contribution in [3.8, 4) is 6.07 Å². The van der Waals surface area contributed by atoms with E-state index >= 15 is 0 Å². The summed E-state index contributed by atoms with van der Waals surface area (Å²) in [5.74, 6) is -0.964. The third-order valence-electron chi connectivity index (χ3n) is 6.39. The first-order chi connectivity index (χ1) is 15.5. The summed E-state index contributed by atoms with van der Waals surface area (Å²) in [4.78, 5) is 28.0. The van der Waals surface area contributed by atoms with Gasteiger partial charge in [0.15, 0.2) is 0 Å². The molecule has 32 heavy (non-hydrogen) atoms. The second-order valence-electron chi connectivity index (χ2n) is 8.12. The number of cyclic esters (lactones) is 1. The molecule has 0 fully saturated rings. The van der Waals surface area contributed by atoms with Gasteiger partial charge >= 0.3 is 5.97 Å². The minimum atomic E-state index is -1.62. The average Bonchev–Trinajstić information content (AvgIpc) is 3.31. The Labute approximate surface area is 185 Å².